The first kappa shape index (κ1) is 14.8. The van der Waals surface area contributed by atoms with Crippen molar-refractivity contribution in [3.8, 4) is 0 Å². The molecule has 0 saturated carbocycles. The Hall–Kier alpha value is -2.61. The van der Waals surface area contributed by atoms with Gasteiger partial charge in [0.15, 0.2) is 0 Å². The second kappa shape index (κ2) is 6.23. The summed E-state index contributed by atoms with van der Waals surface area (Å²) in [4.78, 5) is 22.2. The summed E-state index contributed by atoms with van der Waals surface area (Å²) in [6.07, 6.45) is 2.65. The van der Waals surface area contributed by atoms with E-state index in [1.165, 1.54) is 18.5 Å². The van der Waals surface area contributed by atoms with Crippen molar-refractivity contribution in [1.29, 1.82) is 0 Å². The number of nitrogens with one attached hydrogen (secondary N) is 2. The highest BCUT2D eigenvalue weighted by atomic mass is 35.5. The number of carbonyl (C=O) groups is 2. The van der Waals surface area contributed by atoms with Crippen LogP contribution in [0.2, 0.25) is 5.02 Å². The van der Waals surface area contributed by atoms with Crippen LogP contribution in [0.5, 0.6) is 0 Å². The van der Waals surface area contributed by atoms with Gasteiger partial charge in [-0.1, -0.05) is 11.6 Å². The number of nitrogens with zero attached hydrogens (tertiary/aromatic N) is 2. The minimum absolute atomic E-state index is 0.152. The van der Waals surface area contributed by atoms with Gasteiger partial charge in [0.1, 0.15) is 12.4 Å². The lowest BCUT2D eigenvalue weighted by molar-refractivity contribution is -0.137. The van der Waals surface area contributed by atoms with E-state index < -0.39 is 17.8 Å². The van der Waals surface area contributed by atoms with E-state index in [1.54, 1.807) is 0 Å². The molecule has 0 radical (unpaired) electrons. The van der Waals surface area contributed by atoms with E-state index in [9.17, 15) is 14.0 Å². The molecule has 7 nitrogen and oxygen atoms in total. The smallest absolute Gasteiger partial charge is 0.325 e. The van der Waals surface area contributed by atoms with Crippen LogP contribution < -0.4 is 10.6 Å². The maximum absolute atomic E-state index is 13.1. The highest BCUT2D eigenvalue weighted by Gasteiger charge is 2.07. The van der Waals surface area contributed by atoms with Crippen LogP contribution in [-0.4, -0.2) is 26.9 Å². The van der Waals surface area contributed by atoms with Crippen LogP contribution in [0.4, 0.5) is 20.6 Å². The molecule has 0 aliphatic rings. The molecule has 3 N–H and O–H groups in total. The molecule has 9 heteroatoms. The number of aliphatic carboxylic acids is 1. The number of urea groups is 1. The predicted molar refractivity (Wildman–Crippen MR) is 73.9 cm³/mol. The van der Waals surface area contributed by atoms with Gasteiger partial charge in [-0.3, -0.25) is 9.48 Å². The van der Waals surface area contributed by atoms with Gasteiger partial charge in [-0.05, 0) is 18.2 Å². The standard InChI is InChI=1S/C12H10ClFN4O3/c13-7-1-8(14)3-9(2-7)16-12(21)17-10-4-15-18(5-10)6-11(19)20/h1-5H,6H2,(H,19,20)(H2,16,17,21). The van der Waals surface area contributed by atoms with Crippen LogP contribution in [0.3, 0.4) is 0 Å². The average Bonchev–Trinajstić information content (AvgIpc) is 2.73. The third-order valence-corrected chi connectivity index (χ3v) is 2.53. The fourth-order valence-corrected chi connectivity index (χ4v) is 1.79. The van der Waals surface area contributed by atoms with Crippen LogP contribution >= 0.6 is 11.6 Å². The Balaban J connectivity index is 1.98. The molecule has 0 fully saturated rings. The molecule has 110 valence electrons. The summed E-state index contributed by atoms with van der Waals surface area (Å²) in [6.45, 7) is -0.317. The third-order valence-electron chi connectivity index (χ3n) is 2.31. The van der Waals surface area contributed by atoms with Crippen molar-refractivity contribution in [3.05, 3.63) is 41.4 Å². The number of benzene rings is 1. The quantitative estimate of drug-likeness (QED) is 0.807. The summed E-state index contributed by atoms with van der Waals surface area (Å²) in [5.74, 6) is -1.63. The summed E-state index contributed by atoms with van der Waals surface area (Å²) in [6, 6.07) is 2.98. The number of hydrogen-bond donors (Lipinski definition) is 3. The molecule has 0 atom stereocenters. The van der Waals surface area contributed by atoms with Crippen molar-refractivity contribution >= 4 is 35.0 Å². The number of hydrogen-bond acceptors (Lipinski definition) is 3. The molecule has 0 unspecified atom stereocenters. The molecule has 0 aliphatic carbocycles. The Bertz CT molecular complexity index is 669. The highest BCUT2D eigenvalue weighted by Crippen LogP contribution is 2.18. The Labute approximate surface area is 123 Å². The topological polar surface area (TPSA) is 96.2 Å². The van der Waals surface area contributed by atoms with Crippen molar-refractivity contribution in [2.45, 2.75) is 6.54 Å². The highest BCUT2D eigenvalue weighted by molar-refractivity contribution is 6.30. The number of carboxylic acid groups (broad SMARTS) is 1. The molecule has 0 spiro atoms. The van der Waals surface area contributed by atoms with E-state index in [0.717, 1.165) is 16.8 Å². The largest absolute Gasteiger partial charge is 0.480 e. The molecule has 2 amide bonds. The first-order valence-electron chi connectivity index (χ1n) is 5.71. The van der Waals surface area contributed by atoms with Gasteiger partial charge in [0, 0.05) is 16.9 Å². The van der Waals surface area contributed by atoms with E-state index >= 15 is 0 Å². The number of rotatable bonds is 4. The zero-order valence-corrected chi connectivity index (χ0v) is 11.3. The van der Waals surface area contributed by atoms with Crippen LogP contribution in [0, 0.1) is 5.82 Å². The van der Waals surface area contributed by atoms with Crippen LogP contribution in [0.15, 0.2) is 30.6 Å². The summed E-state index contributed by atoms with van der Waals surface area (Å²) in [5.41, 5.74) is 0.492. The summed E-state index contributed by atoms with van der Waals surface area (Å²) >= 11 is 5.66. The molecule has 1 aromatic carbocycles. The van der Waals surface area contributed by atoms with Gasteiger partial charge >= 0.3 is 12.0 Å². The van der Waals surface area contributed by atoms with Crippen molar-refractivity contribution in [2.75, 3.05) is 10.6 Å². The van der Waals surface area contributed by atoms with Gasteiger partial charge < -0.3 is 15.7 Å². The molecule has 1 aromatic heterocycles. The van der Waals surface area contributed by atoms with E-state index in [2.05, 4.69) is 15.7 Å². The molecular formula is C12H10ClFN4O3. The second-order valence-corrected chi connectivity index (χ2v) is 4.49. The van der Waals surface area contributed by atoms with Crippen molar-refractivity contribution in [1.82, 2.24) is 9.78 Å². The van der Waals surface area contributed by atoms with Gasteiger partial charge in [0.05, 0.1) is 11.9 Å². The third kappa shape index (κ3) is 4.46. The molecule has 0 aliphatic heterocycles. The zero-order valence-electron chi connectivity index (χ0n) is 10.5. The molecular weight excluding hydrogens is 303 g/mol. The Kier molecular flexibility index (Phi) is 4.39. The maximum atomic E-state index is 13.1. The lowest BCUT2D eigenvalue weighted by Crippen LogP contribution is -2.19. The summed E-state index contributed by atoms with van der Waals surface area (Å²) < 4.78 is 14.3. The van der Waals surface area contributed by atoms with Gasteiger partial charge in [-0.15, -0.1) is 0 Å². The molecule has 2 aromatic rings. The Morgan fingerprint density at radius 2 is 2.00 bits per heavy atom. The monoisotopic (exact) mass is 312 g/mol. The maximum Gasteiger partial charge on any atom is 0.325 e. The first-order valence-corrected chi connectivity index (χ1v) is 6.08. The summed E-state index contributed by atoms with van der Waals surface area (Å²) in [7, 11) is 0. The van der Waals surface area contributed by atoms with E-state index in [4.69, 9.17) is 16.7 Å². The summed E-state index contributed by atoms with van der Waals surface area (Å²) in [5, 5.41) is 17.3. The molecule has 1 heterocycles. The Morgan fingerprint density at radius 1 is 1.29 bits per heavy atom. The van der Waals surface area contributed by atoms with Gasteiger partial charge in [-0.2, -0.15) is 5.10 Å². The van der Waals surface area contributed by atoms with Gasteiger partial charge in [0.25, 0.3) is 0 Å². The zero-order chi connectivity index (χ0) is 15.4. The molecule has 2 rings (SSSR count). The Morgan fingerprint density at radius 3 is 2.67 bits per heavy atom. The van der Waals surface area contributed by atoms with Crippen LogP contribution in [0.1, 0.15) is 0 Å². The minimum Gasteiger partial charge on any atom is -0.480 e. The number of carboxylic acids is 1. The SMILES string of the molecule is O=C(O)Cn1cc(NC(=O)Nc2cc(F)cc(Cl)c2)cn1. The van der Waals surface area contributed by atoms with E-state index in [1.807, 2.05) is 0 Å². The van der Waals surface area contributed by atoms with E-state index in [0.29, 0.717) is 5.69 Å². The molecule has 21 heavy (non-hydrogen) atoms. The second-order valence-electron chi connectivity index (χ2n) is 4.06. The van der Waals surface area contributed by atoms with Gasteiger partial charge in [0.2, 0.25) is 0 Å². The first-order chi connectivity index (χ1) is 9.92. The number of amides is 2. The van der Waals surface area contributed by atoms with Crippen molar-refractivity contribution in [3.63, 3.8) is 0 Å². The lowest BCUT2D eigenvalue weighted by atomic mass is 10.3. The number of anilines is 2. The fraction of sp³-hybridized carbons (Fsp3) is 0.0833. The normalized spacial score (nSPS) is 10.2. The predicted octanol–water partition coefficient (Wildman–Crippen LogP) is 2.40. The fourth-order valence-electron chi connectivity index (χ4n) is 1.57. The van der Waals surface area contributed by atoms with Crippen LogP contribution in [-0.2, 0) is 11.3 Å². The minimum atomic E-state index is -1.05. The lowest BCUT2D eigenvalue weighted by Gasteiger charge is -2.06. The molecule has 0 saturated heterocycles. The van der Waals surface area contributed by atoms with Crippen molar-refractivity contribution in [2.24, 2.45) is 0 Å². The van der Waals surface area contributed by atoms with E-state index in [-0.39, 0.29) is 17.3 Å². The van der Waals surface area contributed by atoms with Gasteiger partial charge in [-0.25, -0.2) is 9.18 Å². The average molecular weight is 313 g/mol. The number of carbonyl (C=O) groups excluding carboxylic acids is 1. The molecule has 0 bridgehead atoms. The van der Waals surface area contributed by atoms with Crippen LogP contribution in [0.25, 0.3) is 0 Å². The number of aromatic nitrogens is 2. The van der Waals surface area contributed by atoms with Crippen molar-refractivity contribution < 1.29 is 19.1 Å². The number of halogens is 2.